The molecule has 0 amide bonds. The monoisotopic (exact) mass is 335 g/mol. The Labute approximate surface area is 144 Å². The fourth-order valence-corrected chi connectivity index (χ4v) is 2.27. The van der Waals surface area contributed by atoms with Gasteiger partial charge in [-0.1, -0.05) is 44.1 Å². The third-order valence-electron chi connectivity index (χ3n) is 3.52. The third kappa shape index (κ3) is 3.12. The zero-order valence-corrected chi connectivity index (χ0v) is 14.1. The van der Waals surface area contributed by atoms with E-state index in [2.05, 4.69) is 20.5 Å². The number of azo groups is 1. The van der Waals surface area contributed by atoms with Crippen LogP contribution in [0.5, 0.6) is 0 Å². The van der Waals surface area contributed by atoms with E-state index in [1.165, 1.54) is 6.20 Å². The highest BCUT2D eigenvalue weighted by Gasteiger charge is 2.26. The van der Waals surface area contributed by atoms with Crippen molar-refractivity contribution in [1.29, 1.82) is 5.26 Å². The molecule has 3 aromatic rings. The number of nitrogen functional groups attached to an aromatic ring is 1. The van der Waals surface area contributed by atoms with Crippen LogP contribution >= 0.6 is 0 Å². The largest absolute Gasteiger partial charge is 0.382 e. The Morgan fingerprint density at radius 3 is 2.56 bits per heavy atom. The number of hydrogen-bond acceptors (Lipinski definition) is 7. The molecule has 2 N–H and O–H groups in total. The van der Waals surface area contributed by atoms with Gasteiger partial charge in [0.2, 0.25) is 0 Å². The molecule has 0 spiro atoms. The topological polar surface area (TPSA) is 118 Å². The number of nitrogens with zero attached hydrogens (tertiary/aromatic N) is 6. The van der Waals surface area contributed by atoms with Crippen molar-refractivity contribution in [1.82, 2.24) is 14.9 Å². The maximum atomic E-state index is 9.00. The number of anilines is 1. The summed E-state index contributed by atoms with van der Waals surface area (Å²) in [5, 5.41) is 25.4. The highest BCUT2D eigenvalue weighted by Crippen LogP contribution is 2.37. The van der Waals surface area contributed by atoms with Crippen LogP contribution in [-0.2, 0) is 5.41 Å². The van der Waals surface area contributed by atoms with Gasteiger partial charge >= 0.3 is 0 Å². The van der Waals surface area contributed by atoms with E-state index in [9.17, 15) is 0 Å². The quantitative estimate of drug-likeness (QED) is 0.725. The lowest BCUT2D eigenvalue weighted by Gasteiger charge is -2.15. The summed E-state index contributed by atoms with van der Waals surface area (Å²) in [6, 6.07) is 11.5. The van der Waals surface area contributed by atoms with Gasteiger partial charge in [-0.05, 0) is 12.1 Å². The smallest absolute Gasteiger partial charge is 0.286 e. The third-order valence-corrected chi connectivity index (χ3v) is 3.52. The van der Waals surface area contributed by atoms with E-state index in [0.29, 0.717) is 17.2 Å². The van der Waals surface area contributed by atoms with Crippen LogP contribution in [0.2, 0.25) is 0 Å². The molecular formula is C17H17N7O. The summed E-state index contributed by atoms with van der Waals surface area (Å²) in [6.45, 7) is 6.04. The molecule has 2 heterocycles. The van der Waals surface area contributed by atoms with Crippen LogP contribution in [0.3, 0.4) is 0 Å². The molecule has 25 heavy (non-hydrogen) atoms. The molecule has 3 rings (SSSR count). The van der Waals surface area contributed by atoms with E-state index < -0.39 is 0 Å². The maximum absolute atomic E-state index is 9.00. The number of benzene rings is 1. The Morgan fingerprint density at radius 1 is 1.20 bits per heavy atom. The molecule has 0 saturated carbocycles. The summed E-state index contributed by atoms with van der Waals surface area (Å²) in [7, 11) is 0. The van der Waals surface area contributed by atoms with E-state index in [4.69, 9.17) is 15.5 Å². The number of hydrogen-bond donors (Lipinski definition) is 1. The second kappa shape index (κ2) is 6.20. The number of rotatable bonds is 3. The summed E-state index contributed by atoms with van der Waals surface area (Å²) < 4.78 is 6.56. The molecule has 0 fully saturated rings. The van der Waals surface area contributed by atoms with E-state index in [-0.39, 0.29) is 16.9 Å². The first kappa shape index (κ1) is 16.4. The van der Waals surface area contributed by atoms with Crippen LogP contribution in [0.15, 0.2) is 51.3 Å². The molecule has 0 bridgehead atoms. The summed E-state index contributed by atoms with van der Waals surface area (Å²) in [6.07, 6.45) is 1.29. The molecule has 8 nitrogen and oxygen atoms in total. The molecule has 0 aliphatic carbocycles. The Bertz CT molecular complexity index is 955. The van der Waals surface area contributed by atoms with Crippen molar-refractivity contribution < 1.29 is 4.52 Å². The first-order valence-electron chi connectivity index (χ1n) is 7.62. The highest BCUT2D eigenvalue weighted by atomic mass is 16.5. The number of aromatic nitrogens is 3. The fraction of sp³-hybridized carbons (Fsp3) is 0.235. The summed E-state index contributed by atoms with van der Waals surface area (Å²) in [5.41, 5.74) is 8.13. The molecule has 2 aromatic heterocycles. The van der Waals surface area contributed by atoms with Crippen LogP contribution in [0.1, 0.15) is 32.0 Å². The van der Waals surface area contributed by atoms with E-state index in [1.807, 2.05) is 57.2 Å². The lowest BCUT2D eigenvalue weighted by molar-refractivity contribution is 0.427. The van der Waals surface area contributed by atoms with Crippen molar-refractivity contribution in [2.75, 3.05) is 5.73 Å². The molecule has 0 aliphatic heterocycles. The summed E-state index contributed by atoms with van der Waals surface area (Å²) in [5.74, 6) is 0.395. The van der Waals surface area contributed by atoms with Crippen molar-refractivity contribution in [3.8, 4) is 11.8 Å². The normalized spacial score (nSPS) is 11.8. The maximum Gasteiger partial charge on any atom is 0.286 e. The van der Waals surface area contributed by atoms with Gasteiger partial charge < -0.3 is 10.3 Å². The van der Waals surface area contributed by atoms with Gasteiger partial charge in [0.05, 0.1) is 17.6 Å². The lowest BCUT2D eigenvalue weighted by Crippen LogP contribution is -2.13. The average molecular weight is 335 g/mol. The van der Waals surface area contributed by atoms with Crippen LogP contribution < -0.4 is 5.73 Å². The van der Waals surface area contributed by atoms with Gasteiger partial charge in [0, 0.05) is 5.41 Å². The Hall–Kier alpha value is -3.47. The van der Waals surface area contributed by atoms with Crippen molar-refractivity contribution in [3.63, 3.8) is 0 Å². The molecule has 0 radical (unpaired) electrons. The zero-order chi connectivity index (χ0) is 18.0. The standard InChI is InChI=1S/C17H17N7O/c1-17(2,3)14-13(21-22-16-11(9-18)10-20-25-16)15(19)24(23-14)12-7-5-4-6-8-12/h4-8,10H,19H2,1-3H3/b22-21+. The van der Waals surface area contributed by atoms with Crippen LogP contribution in [0, 0.1) is 11.3 Å². The summed E-state index contributed by atoms with van der Waals surface area (Å²) >= 11 is 0. The number of para-hydroxylation sites is 1. The molecule has 0 saturated heterocycles. The first-order valence-corrected chi connectivity index (χ1v) is 7.62. The van der Waals surface area contributed by atoms with Crippen molar-refractivity contribution in [3.05, 3.63) is 47.8 Å². The van der Waals surface area contributed by atoms with Gasteiger partial charge in [-0.15, -0.1) is 10.2 Å². The Morgan fingerprint density at radius 2 is 1.92 bits per heavy atom. The second-order valence-electron chi connectivity index (χ2n) is 6.44. The molecule has 0 atom stereocenters. The van der Waals surface area contributed by atoms with Crippen LogP contribution in [-0.4, -0.2) is 14.9 Å². The SMILES string of the molecule is CC(C)(C)c1nn(-c2ccccc2)c(N)c1/N=N/c1oncc1C#N. The predicted octanol–water partition coefficient (Wildman–Crippen LogP) is 4.03. The van der Waals surface area contributed by atoms with E-state index >= 15 is 0 Å². The van der Waals surface area contributed by atoms with Gasteiger partial charge in [0.1, 0.15) is 11.6 Å². The first-order chi connectivity index (χ1) is 11.9. The van der Waals surface area contributed by atoms with Gasteiger partial charge in [0.15, 0.2) is 11.5 Å². The molecule has 1 aromatic carbocycles. The Kier molecular flexibility index (Phi) is 4.07. The molecule has 0 unspecified atom stereocenters. The highest BCUT2D eigenvalue weighted by molar-refractivity contribution is 5.65. The molecule has 126 valence electrons. The predicted molar refractivity (Wildman–Crippen MR) is 92.1 cm³/mol. The van der Waals surface area contributed by atoms with E-state index in [0.717, 1.165) is 5.69 Å². The minimum atomic E-state index is -0.304. The van der Waals surface area contributed by atoms with Gasteiger partial charge in [-0.3, -0.25) is 0 Å². The zero-order valence-electron chi connectivity index (χ0n) is 14.1. The van der Waals surface area contributed by atoms with Crippen LogP contribution in [0.25, 0.3) is 5.69 Å². The van der Waals surface area contributed by atoms with Crippen LogP contribution in [0.4, 0.5) is 17.4 Å². The van der Waals surface area contributed by atoms with Gasteiger partial charge in [0.25, 0.3) is 5.88 Å². The van der Waals surface area contributed by atoms with E-state index in [1.54, 1.807) is 4.68 Å². The second-order valence-corrected chi connectivity index (χ2v) is 6.44. The minimum absolute atomic E-state index is 0.0363. The number of nitriles is 1. The van der Waals surface area contributed by atoms with Crippen molar-refractivity contribution in [2.24, 2.45) is 10.2 Å². The Balaban J connectivity index is 2.12. The molecule has 8 heteroatoms. The lowest BCUT2D eigenvalue weighted by atomic mass is 9.91. The van der Waals surface area contributed by atoms with Crippen molar-refractivity contribution >= 4 is 17.4 Å². The molecule has 0 aliphatic rings. The fourth-order valence-electron chi connectivity index (χ4n) is 2.27. The summed E-state index contributed by atoms with van der Waals surface area (Å²) in [4.78, 5) is 0. The minimum Gasteiger partial charge on any atom is -0.382 e. The number of nitrogens with two attached hydrogens (primary N) is 1. The van der Waals surface area contributed by atoms with Crippen molar-refractivity contribution in [2.45, 2.75) is 26.2 Å². The van der Waals surface area contributed by atoms with Gasteiger partial charge in [-0.25, -0.2) is 4.68 Å². The molecular weight excluding hydrogens is 318 g/mol. The van der Waals surface area contributed by atoms with Gasteiger partial charge in [-0.2, -0.15) is 10.4 Å². The average Bonchev–Trinajstić information content (AvgIpc) is 3.17.